The lowest BCUT2D eigenvalue weighted by atomic mass is 10.0. The van der Waals surface area contributed by atoms with E-state index in [9.17, 15) is 5.26 Å². The van der Waals surface area contributed by atoms with Crippen LogP contribution in [0.3, 0.4) is 0 Å². The fourth-order valence-corrected chi connectivity index (χ4v) is 6.19. The number of pyridine rings is 3. The number of piperidine rings is 1. The lowest BCUT2D eigenvalue weighted by Gasteiger charge is -2.35. The van der Waals surface area contributed by atoms with E-state index < -0.39 is 0 Å². The van der Waals surface area contributed by atoms with Gasteiger partial charge in [-0.2, -0.15) is 10.4 Å². The molecule has 224 valence electrons. The number of nitrogens with zero attached hydrogens (tertiary/aromatic N) is 9. The number of ether oxygens (including phenoxy) is 1. The molecular formula is C32H35N11O. The van der Waals surface area contributed by atoms with Crippen molar-refractivity contribution < 1.29 is 4.74 Å². The third-order valence-corrected chi connectivity index (χ3v) is 8.65. The molecule has 44 heavy (non-hydrogen) atoms. The molecule has 5 aromatic heterocycles. The van der Waals surface area contributed by atoms with Crippen LogP contribution in [-0.4, -0.2) is 80.6 Å². The van der Waals surface area contributed by atoms with Crippen LogP contribution >= 0.6 is 0 Å². The predicted molar refractivity (Wildman–Crippen MR) is 168 cm³/mol. The molecule has 7 heterocycles. The van der Waals surface area contributed by atoms with Crippen molar-refractivity contribution in [1.29, 1.82) is 5.26 Å². The molecule has 0 atom stereocenters. The molecule has 0 amide bonds. The standard InChI is InChI=1S/C32H35N11O/c1-44-30-5-2-22(16-37-30)19-40-10-12-41(13-11-40)29-4-3-23(17-36-29)27-14-24(20-43-31(27)28(15-33)32(34)39-43)25-18-38-42(21-25)26-6-8-35-9-7-26/h2-5,14,16-18,20-21,26,35H,6-13,19H2,1H3,(H2,34,39). The zero-order valence-corrected chi connectivity index (χ0v) is 24.7. The second-order valence-corrected chi connectivity index (χ2v) is 11.4. The van der Waals surface area contributed by atoms with E-state index >= 15 is 0 Å². The van der Waals surface area contributed by atoms with Gasteiger partial charge in [-0.25, -0.2) is 14.5 Å². The number of hydrogen-bond acceptors (Lipinski definition) is 10. The van der Waals surface area contributed by atoms with Crippen LogP contribution in [0.25, 0.3) is 27.8 Å². The second-order valence-electron chi connectivity index (χ2n) is 11.4. The first-order chi connectivity index (χ1) is 21.6. The number of hydrogen-bond donors (Lipinski definition) is 2. The highest BCUT2D eigenvalue weighted by Crippen LogP contribution is 2.34. The molecule has 0 aromatic carbocycles. The van der Waals surface area contributed by atoms with Gasteiger partial charge in [0.15, 0.2) is 5.82 Å². The number of nitrogen functional groups attached to an aromatic ring is 1. The minimum atomic E-state index is 0.212. The first-order valence-electron chi connectivity index (χ1n) is 15.0. The Balaban J connectivity index is 1.12. The van der Waals surface area contributed by atoms with Crippen molar-refractivity contribution in [2.45, 2.75) is 25.4 Å². The van der Waals surface area contributed by atoms with Gasteiger partial charge in [0.05, 0.1) is 24.9 Å². The summed E-state index contributed by atoms with van der Waals surface area (Å²) in [4.78, 5) is 13.9. The van der Waals surface area contributed by atoms with Crippen molar-refractivity contribution in [3.8, 4) is 34.2 Å². The van der Waals surface area contributed by atoms with E-state index in [-0.39, 0.29) is 5.82 Å². The maximum Gasteiger partial charge on any atom is 0.212 e. The number of fused-ring (bicyclic) bond motifs is 1. The number of piperazine rings is 1. The van der Waals surface area contributed by atoms with Gasteiger partial charge in [-0.15, -0.1) is 5.10 Å². The molecule has 0 radical (unpaired) electrons. The van der Waals surface area contributed by atoms with Crippen LogP contribution in [0.2, 0.25) is 0 Å². The summed E-state index contributed by atoms with van der Waals surface area (Å²) in [5.74, 6) is 1.78. The Morgan fingerprint density at radius 3 is 2.52 bits per heavy atom. The summed E-state index contributed by atoms with van der Waals surface area (Å²) in [6.45, 7) is 6.49. The van der Waals surface area contributed by atoms with Crippen molar-refractivity contribution in [3.05, 3.63) is 72.4 Å². The topological polar surface area (TPSA) is 138 Å². The smallest absolute Gasteiger partial charge is 0.212 e. The summed E-state index contributed by atoms with van der Waals surface area (Å²) in [5, 5.41) is 22.5. The molecule has 0 bridgehead atoms. The van der Waals surface area contributed by atoms with Crippen molar-refractivity contribution in [1.82, 2.24) is 39.6 Å². The minimum absolute atomic E-state index is 0.212. The molecule has 3 N–H and O–H groups in total. The van der Waals surface area contributed by atoms with E-state index in [2.05, 4.69) is 71.5 Å². The molecule has 2 fully saturated rings. The Bertz CT molecular complexity index is 1790. The fraction of sp³-hybridized carbons (Fsp3) is 0.344. The monoisotopic (exact) mass is 589 g/mol. The SMILES string of the molecule is COc1ccc(CN2CCN(c3ccc(-c4cc(-c5cnn(C6CCNCC6)c5)cn5nc(N)c(C#N)c45)cn3)CC2)cn1. The molecule has 0 unspecified atom stereocenters. The second kappa shape index (κ2) is 11.9. The number of rotatable bonds is 7. The predicted octanol–water partition coefficient (Wildman–Crippen LogP) is 3.36. The van der Waals surface area contributed by atoms with Crippen molar-refractivity contribution >= 4 is 17.2 Å². The van der Waals surface area contributed by atoms with E-state index in [4.69, 9.17) is 15.5 Å². The van der Waals surface area contributed by atoms with Crippen molar-refractivity contribution in [2.24, 2.45) is 0 Å². The van der Waals surface area contributed by atoms with Crippen LogP contribution in [0.1, 0.15) is 30.0 Å². The van der Waals surface area contributed by atoms with E-state index in [1.165, 1.54) is 5.56 Å². The molecule has 0 aliphatic carbocycles. The molecule has 12 nitrogen and oxygen atoms in total. The maximum absolute atomic E-state index is 9.93. The van der Waals surface area contributed by atoms with Crippen LogP contribution in [0, 0.1) is 11.3 Å². The van der Waals surface area contributed by atoms with Gasteiger partial charge >= 0.3 is 0 Å². The summed E-state index contributed by atoms with van der Waals surface area (Å²) < 4.78 is 8.96. The number of nitrogens with one attached hydrogen (secondary N) is 1. The van der Waals surface area contributed by atoms with Crippen LogP contribution in [0.5, 0.6) is 5.88 Å². The average Bonchev–Trinajstić information content (AvgIpc) is 3.70. The highest BCUT2D eigenvalue weighted by molar-refractivity contribution is 5.90. The van der Waals surface area contributed by atoms with Crippen molar-refractivity contribution in [2.75, 3.05) is 57.0 Å². The van der Waals surface area contributed by atoms with Gasteiger partial charge in [0, 0.05) is 85.8 Å². The van der Waals surface area contributed by atoms with E-state index in [1.54, 1.807) is 11.6 Å². The van der Waals surface area contributed by atoms with E-state index in [0.29, 0.717) is 23.0 Å². The maximum atomic E-state index is 9.93. The normalized spacial score (nSPS) is 16.3. The lowest BCUT2D eigenvalue weighted by molar-refractivity contribution is 0.249. The Morgan fingerprint density at radius 2 is 1.82 bits per heavy atom. The van der Waals surface area contributed by atoms with Gasteiger partial charge in [-0.1, -0.05) is 6.07 Å². The third kappa shape index (κ3) is 5.43. The van der Waals surface area contributed by atoms with Crippen LogP contribution in [0.15, 0.2) is 61.3 Å². The van der Waals surface area contributed by atoms with E-state index in [0.717, 1.165) is 86.7 Å². The zero-order chi connectivity index (χ0) is 30.0. The molecule has 2 saturated heterocycles. The third-order valence-electron chi connectivity index (χ3n) is 8.65. The quantitative estimate of drug-likeness (QED) is 0.291. The number of nitrogens with two attached hydrogens (primary N) is 1. The van der Waals surface area contributed by atoms with Gasteiger partial charge in [-0.05, 0) is 49.7 Å². The highest BCUT2D eigenvalue weighted by Gasteiger charge is 2.22. The Kier molecular flexibility index (Phi) is 7.55. The van der Waals surface area contributed by atoms with Crippen LogP contribution in [0.4, 0.5) is 11.6 Å². The Hall–Kier alpha value is -4.99. The molecule has 2 aliphatic heterocycles. The minimum Gasteiger partial charge on any atom is -0.481 e. The average molecular weight is 590 g/mol. The molecule has 5 aromatic rings. The largest absolute Gasteiger partial charge is 0.481 e. The van der Waals surface area contributed by atoms with Gasteiger partial charge in [-0.3, -0.25) is 9.58 Å². The molecule has 2 aliphatic rings. The molecule has 0 saturated carbocycles. The van der Waals surface area contributed by atoms with Gasteiger partial charge in [0.1, 0.15) is 17.5 Å². The Labute approximate surface area is 255 Å². The summed E-state index contributed by atoms with van der Waals surface area (Å²) in [5.41, 5.74) is 12.1. The van der Waals surface area contributed by atoms with Gasteiger partial charge in [0.2, 0.25) is 5.88 Å². The zero-order valence-electron chi connectivity index (χ0n) is 24.7. The summed E-state index contributed by atoms with van der Waals surface area (Å²) >= 11 is 0. The van der Waals surface area contributed by atoms with Crippen LogP contribution in [-0.2, 0) is 6.54 Å². The summed E-state index contributed by atoms with van der Waals surface area (Å²) in [6, 6.07) is 12.8. The fourth-order valence-electron chi connectivity index (χ4n) is 6.19. The molecular weight excluding hydrogens is 554 g/mol. The van der Waals surface area contributed by atoms with Gasteiger partial charge in [0.25, 0.3) is 0 Å². The number of aromatic nitrogens is 6. The van der Waals surface area contributed by atoms with E-state index in [1.807, 2.05) is 30.9 Å². The number of methoxy groups -OCH3 is 1. The first-order valence-corrected chi connectivity index (χ1v) is 15.0. The number of nitriles is 1. The molecule has 0 spiro atoms. The van der Waals surface area contributed by atoms with Crippen LogP contribution < -0.4 is 20.7 Å². The van der Waals surface area contributed by atoms with Crippen molar-refractivity contribution in [3.63, 3.8) is 0 Å². The molecule has 12 heteroatoms. The lowest BCUT2D eigenvalue weighted by Crippen LogP contribution is -2.46. The molecule has 7 rings (SSSR count). The summed E-state index contributed by atoms with van der Waals surface area (Å²) in [7, 11) is 1.63. The Morgan fingerprint density at radius 1 is 0.977 bits per heavy atom. The number of anilines is 2. The first kappa shape index (κ1) is 27.8. The van der Waals surface area contributed by atoms with Gasteiger partial charge < -0.3 is 20.7 Å². The summed E-state index contributed by atoms with van der Waals surface area (Å²) in [6.07, 6.45) is 11.8. The highest BCUT2D eigenvalue weighted by atomic mass is 16.5.